The zero-order valence-electron chi connectivity index (χ0n) is 17.8. The molecule has 2 amide bonds. The number of hydrogen-bond donors (Lipinski definition) is 0. The summed E-state index contributed by atoms with van der Waals surface area (Å²) in [6, 6.07) is 6.30. The van der Waals surface area contributed by atoms with Gasteiger partial charge in [-0.15, -0.1) is 0 Å². The lowest BCUT2D eigenvalue weighted by molar-refractivity contribution is -0.131. The molecule has 0 unspecified atom stereocenters. The summed E-state index contributed by atoms with van der Waals surface area (Å²) < 4.78 is 0. The Morgan fingerprint density at radius 3 is 1.93 bits per heavy atom. The number of hydrogen-bond acceptors (Lipinski definition) is 2. The second-order valence-corrected chi connectivity index (χ2v) is 8.31. The predicted octanol–water partition coefficient (Wildman–Crippen LogP) is 5.08. The number of anilines is 1. The van der Waals surface area contributed by atoms with E-state index in [2.05, 4.69) is 45.9 Å². The molecule has 1 heterocycles. The predicted molar refractivity (Wildman–Crippen MR) is 112 cm³/mol. The smallest absolute Gasteiger partial charge is 0.224 e. The molecule has 1 aromatic rings. The van der Waals surface area contributed by atoms with Crippen molar-refractivity contribution < 1.29 is 9.59 Å². The number of para-hydroxylation sites is 1. The quantitative estimate of drug-likeness (QED) is 0.699. The van der Waals surface area contributed by atoms with Gasteiger partial charge in [-0.1, -0.05) is 58.7 Å². The van der Waals surface area contributed by atoms with Crippen LogP contribution in [0, 0.1) is 0 Å². The summed E-state index contributed by atoms with van der Waals surface area (Å²) in [6.07, 6.45) is 5.00. The summed E-state index contributed by atoms with van der Waals surface area (Å²) in [5, 5.41) is 0. The molecule has 0 radical (unpaired) electrons. The van der Waals surface area contributed by atoms with E-state index in [0.717, 1.165) is 31.6 Å². The van der Waals surface area contributed by atoms with E-state index < -0.39 is 0 Å². The Bertz CT molecular complexity index is 618. The number of benzene rings is 1. The van der Waals surface area contributed by atoms with Crippen molar-refractivity contribution in [1.29, 1.82) is 0 Å². The highest BCUT2D eigenvalue weighted by molar-refractivity contribution is 5.94. The van der Waals surface area contributed by atoms with Crippen molar-refractivity contribution in [3.8, 4) is 0 Å². The van der Waals surface area contributed by atoms with Crippen molar-refractivity contribution in [3.05, 3.63) is 29.3 Å². The first-order valence-electron chi connectivity index (χ1n) is 10.5. The lowest BCUT2D eigenvalue weighted by atomic mass is 9.91. The fourth-order valence-electron chi connectivity index (χ4n) is 3.94. The van der Waals surface area contributed by atoms with Gasteiger partial charge in [-0.05, 0) is 35.8 Å². The van der Waals surface area contributed by atoms with Crippen LogP contribution in [0.5, 0.6) is 0 Å². The Hall–Kier alpha value is -1.84. The van der Waals surface area contributed by atoms with E-state index in [9.17, 15) is 9.59 Å². The average Bonchev–Trinajstić information content (AvgIpc) is 2.90. The molecule has 0 N–H and O–H groups in total. The number of carbonyl (C=O) groups excluding carboxylic acids is 2. The molecule has 27 heavy (non-hydrogen) atoms. The summed E-state index contributed by atoms with van der Waals surface area (Å²) in [6.45, 7) is 12.4. The van der Waals surface area contributed by atoms with Crippen LogP contribution in [0.15, 0.2) is 18.2 Å². The fraction of sp³-hybridized carbons (Fsp3) is 0.652. The van der Waals surface area contributed by atoms with Crippen LogP contribution in [-0.2, 0) is 9.59 Å². The van der Waals surface area contributed by atoms with E-state index in [1.165, 1.54) is 24.0 Å². The van der Waals surface area contributed by atoms with Gasteiger partial charge in [-0.25, -0.2) is 0 Å². The Labute approximate surface area is 164 Å². The molecule has 4 heteroatoms. The SMILES string of the molecule is CC(=O)N(CCC(=O)N1CCCCCC1)c1c(C(C)C)cccc1C(C)C. The zero-order chi connectivity index (χ0) is 20.0. The van der Waals surface area contributed by atoms with Crippen LogP contribution in [0.3, 0.4) is 0 Å². The van der Waals surface area contributed by atoms with Gasteiger partial charge < -0.3 is 9.80 Å². The van der Waals surface area contributed by atoms with Crippen molar-refractivity contribution >= 4 is 17.5 Å². The summed E-state index contributed by atoms with van der Waals surface area (Å²) in [4.78, 5) is 29.1. The van der Waals surface area contributed by atoms with Gasteiger partial charge in [0.05, 0.1) is 5.69 Å². The van der Waals surface area contributed by atoms with Crippen LogP contribution in [0.1, 0.15) is 89.7 Å². The highest BCUT2D eigenvalue weighted by atomic mass is 16.2. The minimum absolute atomic E-state index is 0.00802. The van der Waals surface area contributed by atoms with Crippen LogP contribution in [-0.4, -0.2) is 36.3 Å². The molecule has 4 nitrogen and oxygen atoms in total. The number of likely N-dealkylation sites (tertiary alicyclic amines) is 1. The zero-order valence-corrected chi connectivity index (χ0v) is 17.8. The first-order valence-corrected chi connectivity index (χ1v) is 10.5. The molecule has 150 valence electrons. The minimum Gasteiger partial charge on any atom is -0.343 e. The van der Waals surface area contributed by atoms with E-state index in [1.54, 1.807) is 6.92 Å². The number of amides is 2. The van der Waals surface area contributed by atoms with Crippen LogP contribution in [0.2, 0.25) is 0 Å². The molecule has 0 atom stereocenters. The molecule has 1 aliphatic heterocycles. The normalized spacial score (nSPS) is 15.1. The highest BCUT2D eigenvalue weighted by Gasteiger charge is 2.24. The molecule has 0 aromatic heterocycles. The first kappa shape index (κ1) is 21.5. The molecule has 1 aliphatic rings. The van der Waals surface area contributed by atoms with Gasteiger partial charge in [0.15, 0.2) is 0 Å². The van der Waals surface area contributed by atoms with Crippen molar-refractivity contribution in [1.82, 2.24) is 4.90 Å². The second-order valence-electron chi connectivity index (χ2n) is 8.31. The maximum Gasteiger partial charge on any atom is 0.224 e. The molecule has 1 aromatic carbocycles. The third kappa shape index (κ3) is 5.57. The summed E-state index contributed by atoms with van der Waals surface area (Å²) >= 11 is 0. The first-order chi connectivity index (χ1) is 12.8. The van der Waals surface area contributed by atoms with Crippen LogP contribution in [0.25, 0.3) is 0 Å². The molecule has 1 fully saturated rings. The number of carbonyl (C=O) groups is 2. The summed E-state index contributed by atoms with van der Waals surface area (Å²) in [5.41, 5.74) is 3.37. The Morgan fingerprint density at radius 1 is 0.963 bits per heavy atom. The third-order valence-electron chi connectivity index (χ3n) is 5.50. The van der Waals surface area contributed by atoms with Crippen molar-refractivity contribution in [2.24, 2.45) is 0 Å². The van der Waals surface area contributed by atoms with Crippen molar-refractivity contribution in [2.45, 2.75) is 78.6 Å². The van der Waals surface area contributed by atoms with Crippen LogP contribution >= 0.6 is 0 Å². The van der Waals surface area contributed by atoms with E-state index in [1.807, 2.05) is 9.80 Å². The lowest BCUT2D eigenvalue weighted by Crippen LogP contribution is -2.37. The van der Waals surface area contributed by atoms with Gasteiger partial charge in [-0.2, -0.15) is 0 Å². The fourth-order valence-corrected chi connectivity index (χ4v) is 3.94. The lowest BCUT2D eigenvalue weighted by Gasteiger charge is -2.30. The van der Waals surface area contributed by atoms with E-state index in [-0.39, 0.29) is 11.8 Å². The molecule has 0 spiro atoms. The van der Waals surface area contributed by atoms with Gasteiger partial charge >= 0.3 is 0 Å². The summed E-state index contributed by atoms with van der Waals surface area (Å²) in [5.74, 6) is 0.827. The van der Waals surface area contributed by atoms with E-state index in [0.29, 0.717) is 24.8 Å². The molecule has 0 bridgehead atoms. The highest BCUT2D eigenvalue weighted by Crippen LogP contribution is 2.35. The molecular formula is C23H36N2O2. The maximum absolute atomic E-state index is 12.7. The summed E-state index contributed by atoms with van der Waals surface area (Å²) in [7, 11) is 0. The van der Waals surface area contributed by atoms with Gasteiger partial charge in [0, 0.05) is 33.0 Å². The Kier molecular flexibility index (Phi) is 7.88. The topological polar surface area (TPSA) is 40.6 Å². The number of rotatable bonds is 6. The molecule has 2 rings (SSSR count). The van der Waals surface area contributed by atoms with E-state index >= 15 is 0 Å². The third-order valence-corrected chi connectivity index (χ3v) is 5.50. The van der Waals surface area contributed by atoms with Crippen LogP contribution < -0.4 is 4.90 Å². The molecule has 0 saturated carbocycles. The monoisotopic (exact) mass is 372 g/mol. The van der Waals surface area contributed by atoms with Crippen molar-refractivity contribution in [3.63, 3.8) is 0 Å². The van der Waals surface area contributed by atoms with Crippen molar-refractivity contribution in [2.75, 3.05) is 24.5 Å². The van der Waals surface area contributed by atoms with Gasteiger partial charge in [-0.3, -0.25) is 9.59 Å². The van der Waals surface area contributed by atoms with Gasteiger partial charge in [0.1, 0.15) is 0 Å². The Balaban J connectivity index is 2.24. The van der Waals surface area contributed by atoms with Gasteiger partial charge in [0.2, 0.25) is 11.8 Å². The second kappa shape index (κ2) is 9.91. The number of nitrogens with zero attached hydrogens (tertiary/aromatic N) is 2. The largest absolute Gasteiger partial charge is 0.343 e. The molecule has 0 aliphatic carbocycles. The Morgan fingerprint density at radius 2 is 1.48 bits per heavy atom. The minimum atomic E-state index is 0.00802. The maximum atomic E-state index is 12.7. The van der Waals surface area contributed by atoms with E-state index in [4.69, 9.17) is 0 Å². The standard InChI is InChI=1S/C23H36N2O2/c1-17(2)20-11-10-12-21(18(3)4)23(20)25(19(5)26)16-13-22(27)24-14-8-6-7-9-15-24/h10-12,17-18H,6-9,13-16H2,1-5H3. The van der Waals surface area contributed by atoms with Gasteiger partial charge in [0.25, 0.3) is 0 Å². The molecule has 1 saturated heterocycles. The average molecular weight is 373 g/mol. The molecular weight excluding hydrogens is 336 g/mol. The van der Waals surface area contributed by atoms with Crippen LogP contribution in [0.4, 0.5) is 5.69 Å².